The zero-order valence-corrected chi connectivity index (χ0v) is 15.3. The molecule has 7 heteroatoms. The number of aromatic amines is 1. The van der Waals surface area contributed by atoms with Crippen LogP contribution in [0.15, 0.2) is 34.8 Å². The molecule has 0 amide bonds. The molecule has 1 aromatic carbocycles. The van der Waals surface area contributed by atoms with E-state index in [0.29, 0.717) is 0 Å². The fraction of sp³-hybridized carbons (Fsp3) is 0.353. The van der Waals surface area contributed by atoms with Gasteiger partial charge in [-0.25, -0.2) is 0 Å². The number of carbonyl (C=O) groups excluding carboxylic acids is 1. The summed E-state index contributed by atoms with van der Waals surface area (Å²) in [6.45, 7) is 4.97. The number of hydrogen-bond acceptors (Lipinski definition) is 6. The number of carbonyl (C=O) groups is 1. The van der Waals surface area contributed by atoms with Gasteiger partial charge in [-0.15, -0.1) is 10.2 Å². The third-order valence-corrected chi connectivity index (χ3v) is 5.78. The predicted octanol–water partition coefficient (Wildman–Crippen LogP) is 4.59. The van der Waals surface area contributed by atoms with Gasteiger partial charge in [-0.3, -0.25) is 4.79 Å². The van der Waals surface area contributed by atoms with Crippen molar-refractivity contribution in [3.05, 3.63) is 36.0 Å². The molecule has 1 atom stereocenters. The molecule has 0 fully saturated rings. The fourth-order valence-corrected chi connectivity index (χ4v) is 4.39. The Morgan fingerprint density at radius 3 is 3.04 bits per heavy atom. The number of H-pyrrole nitrogens is 1. The molecule has 0 aliphatic rings. The Balaban J connectivity index is 1.66. The van der Waals surface area contributed by atoms with Gasteiger partial charge in [0.1, 0.15) is 0 Å². The summed E-state index contributed by atoms with van der Waals surface area (Å²) in [6, 6.07) is 7.85. The molecule has 3 aromatic rings. The summed E-state index contributed by atoms with van der Waals surface area (Å²) >= 11 is 2.96. The molecule has 0 spiro atoms. The highest BCUT2D eigenvalue weighted by molar-refractivity contribution is 8.02. The van der Waals surface area contributed by atoms with E-state index >= 15 is 0 Å². The van der Waals surface area contributed by atoms with E-state index in [9.17, 15) is 4.79 Å². The van der Waals surface area contributed by atoms with Crippen LogP contribution in [0, 0.1) is 0 Å². The van der Waals surface area contributed by atoms with Crippen molar-refractivity contribution >= 4 is 44.9 Å². The highest BCUT2D eigenvalue weighted by atomic mass is 32.2. The second-order valence-corrected chi connectivity index (χ2v) is 8.09. The van der Waals surface area contributed by atoms with Crippen molar-refractivity contribution in [1.82, 2.24) is 15.2 Å². The number of rotatable bonds is 8. The topological polar surface area (TPSA) is 70.7 Å². The minimum Gasteiger partial charge on any atom is -0.360 e. The standard InChI is InChI=1S/C17H20N4OS2/c1-3-4-9-18-16-20-21-17(24-16)23-11(2)15(22)13-10-19-14-8-6-5-7-12(13)14/h5-8,10-11,19H,3-4,9H2,1-2H3,(H,18,20). The van der Waals surface area contributed by atoms with E-state index < -0.39 is 0 Å². The number of aromatic nitrogens is 3. The van der Waals surface area contributed by atoms with Crippen LogP contribution in [0.5, 0.6) is 0 Å². The minimum absolute atomic E-state index is 0.105. The van der Waals surface area contributed by atoms with Gasteiger partial charge in [0.2, 0.25) is 5.13 Å². The molecule has 2 N–H and O–H groups in total. The van der Waals surface area contributed by atoms with Crippen LogP contribution < -0.4 is 5.32 Å². The van der Waals surface area contributed by atoms with Gasteiger partial charge in [-0.1, -0.05) is 54.6 Å². The number of benzene rings is 1. The number of Topliss-reactive ketones (excluding diaryl/α,β-unsaturated/α-hetero) is 1. The quantitative estimate of drug-likeness (QED) is 0.349. The van der Waals surface area contributed by atoms with Crippen molar-refractivity contribution in [2.24, 2.45) is 0 Å². The van der Waals surface area contributed by atoms with E-state index in [0.717, 1.165) is 45.3 Å². The Bertz CT molecular complexity index is 827. The molecule has 0 saturated carbocycles. The SMILES string of the molecule is CCCCNc1nnc(SC(C)C(=O)c2c[nH]c3ccccc23)s1. The molecule has 2 aromatic heterocycles. The average Bonchev–Trinajstić information content (AvgIpc) is 3.21. The summed E-state index contributed by atoms with van der Waals surface area (Å²) in [5.74, 6) is 0.105. The first kappa shape index (κ1) is 17.0. The average molecular weight is 361 g/mol. The van der Waals surface area contributed by atoms with Crippen LogP contribution in [0.2, 0.25) is 0 Å². The van der Waals surface area contributed by atoms with E-state index in [4.69, 9.17) is 0 Å². The fourth-order valence-electron chi connectivity index (χ4n) is 2.40. The lowest BCUT2D eigenvalue weighted by atomic mass is 10.1. The molecule has 24 heavy (non-hydrogen) atoms. The van der Waals surface area contributed by atoms with Gasteiger partial charge in [-0.05, 0) is 19.4 Å². The van der Waals surface area contributed by atoms with Crippen molar-refractivity contribution in [1.29, 1.82) is 0 Å². The minimum atomic E-state index is -0.208. The summed E-state index contributed by atoms with van der Waals surface area (Å²) in [4.78, 5) is 15.9. The number of hydrogen-bond donors (Lipinski definition) is 2. The molecule has 5 nitrogen and oxygen atoms in total. The van der Waals surface area contributed by atoms with Gasteiger partial charge >= 0.3 is 0 Å². The lowest BCUT2D eigenvalue weighted by Gasteiger charge is -2.06. The molecule has 0 radical (unpaired) electrons. The molecule has 0 aliphatic carbocycles. The van der Waals surface area contributed by atoms with Gasteiger partial charge in [0, 0.05) is 29.2 Å². The smallest absolute Gasteiger partial charge is 0.206 e. The molecular weight excluding hydrogens is 340 g/mol. The van der Waals surface area contributed by atoms with E-state index in [1.807, 2.05) is 31.2 Å². The lowest BCUT2D eigenvalue weighted by Crippen LogP contribution is -2.12. The monoisotopic (exact) mass is 360 g/mol. The number of ketones is 1. The molecule has 0 saturated heterocycles. The predicted molar refractivity (Wildman–Crippen MR) is 101 cm³/mol. The summed E-state index contributed by atoms with van der Waals surface area (Å²) < 4.78 is 0.815. The van der Waals surface area contributed by atoms with Gasteiger partial charge in [0.15, 0.2) is 10.1 Å². The molecule has 126 valence electrons. The van der Waals surface area contributed by atoms with Crippen molar-refractivity contribution in [2.45, 2.75) is 36.3 Å². The van der Waals surface area contributed by atoms with Crippen LogP contribution in [-0.4, -0.2) is 32.8 Å². The van der Waals surface area contributed by atoms with Crippen LogP contribution in [0.1, 0.15) is 37.0 Å². The first-order chi connectivity index (χ1) is 11.7. The van der Waals surface area contributed by atoms with Gasteiger partial charge in [0.25, 0.3) is 0 Å². The maximum absolute atomic E-state index is 12.7. The normalized spacial score (nSPS) is 12.4. The highest BCUT2D eigenvalue weighted by Crippen LogP contribution is 2.31. The molecule has 0 aliphatic heterocycles. The number of anilines is 1. The van der Waals surface area contributed by atoms with E-state index in [1.165, 1.54) is 23.1 Å². The van der Waals surface area contributed by atoms with Crippen LogP contribution in [0.3, 0.4) is 0 Å². The van der Waals surface area contributed by atoms with Crippen LogP contribution in [-0.2, 0) is 0 Å². The second-order valence-electron chi connectivity index (χ2n) is 5.53. The highest BCUT2D eigenvalue weighted by Gasteiger charge is 2.21. The van der Waals surface area contributed by atoms with Crippen LogP contribution >= 0.6 is 23.1 Å². The van der Waals surface area contributed by atoms with E-state index in [-0.39, 0.29) is 11.0 Å². The largest absolute Gasteiger partial charge is 0.360 e. The Kier molecular flexibility index (Phi) is 5.52. The number of nitrogens with zero attached hydrogens (tertiary/aromatic N) is 2. The maximum atomic E-state index is 12.7. The third-order valence-electron chi connectivity index (χ3n) is 3.71. The maximum Gasteiger partial charge on any atom is 0.206 e. The summed E-state index contributed by atoms with van der Waals surface area (Å²) in [7, 11) is 0. The molecule has 1 unspecified atom stereocenters. The summed E-state index contributed by atoms with van der Waals surface area (Å²) in [5, 5.41) is 13.1. The van der Waals surface area contributed by atoms with Gasteiger partial charge in [-0.2, -0.15) is 0 Å². The number of fused-ring (bicyclic) bond motifs is 1. The van der Waals surface area contributed by atoms with Crippen molar-refractivity contribution in [3.8, 4) is 0 Å². The van der Waals surface area contributed by atoms with Gasteiger partial charge in [0.05, 0.1) is 5.25 Å². The Hall–Kier alpha value is -1.86. The molecule has 0 bridgehead atoms. The summed E-state index contributed by atoms with van der Waals surface area (Å²) in [5.41, 5.74) is 1.72. The number of unbranched alkanes of at least 4 members (excludes halogenated alkanes) is 1. The zero-order valence-electron chi connectivity index (χ0n) is 13.7. The van der Waals surface area contributed by atoms with E-state index in [2.05, 4.69) is 27.4 Å². The lowest BCUT2D eigenvalue weighted by molar-refractivity contribution is 0.0995. The third kappa shape index (κ3) is 3.79. The van der Waals surface area contributed by atoms with Crippen molar-refractivity contribution in [3.63, 3.8) is 0 Å². The van der Waals surface area contributed by atoms with Crippen LogP contribution in [0.4, 0.5) is 5.13 Å². The Morgan fingerprint density at radius 1 is 1.38 bits per heavy atom. The van der Waals surface area contributed by atoms with Gasteiger partial charge < -0.3 is 10.3 Å². The van der Waals surface area contributed by atoms with Crippen molar-refractivity contribution in [2.75, 3.05) is 11.9 Å². The van der Waals surface area contributed by atoms with E-state index in [1.54, 1.807) is 6.20 Å². The Labute approximate surface area is 149 Å². The number of thioether (sulfide) groups is 1. The molecular formula is C17H20N4OS2. The molecule has 2 heterocycles. The second kappa shape index (κ2) is 7.81. The van der Waals surface area contributed by atoms with Crippen LogP contribution in [0.25, 0.3) is 10.9 Å². The zero-order chi connectivity index (χ0) is 16.9. The first-order valence-electron chi connectivity index (χ1n) is 8.03. The Morgan fingerprint density at radius 2 is 2.21 bits per heavy atom. The van der Waals surface area contributed by atoms with Crippen molar-refractivity contribution < 1.29 is 4.79 Å². The number of nitrogens with one attached hydrogen (secondary N) is 2. The molecule has 3 rings (SSSR count). The summed E-state index contributed by atoms with van der Waals surface area (Å²) in [6.07, 6.45) is 4.04. The number of para-hydroxylation sites is 1. The first-order valence-corrected chi connectivity index (χ1v) is 9.73.